The molecule has 3 fully saturated rings. The van der Waals surface area contributed by atoms with E-state index in [1.54, 1.807) is 6.07 Å². The highest BCUT2D eigenvalue weighted by Crippen LogP contribution is 2.50. The molecular formula is C23H27N3O6. The Kier molecular flexibility index (Phi) is 4.67. The summed E-state index contributed by atoms with van der Waals surface area (Å²) in [5.41, 5.74) is 1.35. The zero-order chi connectivity index (χ0) is 21.9. The number of rotatable bonds is 5. The third kappa shape index (κ3) is 3.02. The summed E-state index contributed by atoms with van der Waals surface area (Å²) in [6.07, 6.45) is 0.546. The first-order valence-electron chi connectivity index (χ1n) is 11.2. The van der Waals surface area contributed by atoms with Crippen molar-refractivity contribution in [1.29, 1.82) is 0 Å². The molecule has 9 heteroatoms. The maximum atomic E-state index is 13.2. The summed E-state index contributed by atoms with van der Waals surface area (Å²) >= 11 is 0. The lowest BCUT2D eigenvalue weighted by molar-refractivity contribution is -0.108. The maximum absolute atomic E-state index is 13.2. The number of hydrogen-bond acceptors (Lipinski definition) is 8. The highest BCUT2D eigenvalue weighted by Gasteiger charge is 2.62. The van der Waals surface area contributed by atoms with E-state index < -0.39 is 5.60 Å². The van der Waals surface area contributed by atoms with Crippen molar-refractivity contribution < 1.29 is 28.6 Å². The minimum absolute atomic E-state index is 0.000185. The molecule has 6 rings (SSSR count). The van der Waals surface area contributed by atoms with Gasteiger partial charge in [0.2, 0.25) is 12.6 Å². The molecule has 1 spiro atoms. The number of para-hydroxylation sites is 1. The maximum Gasteiger partial charge on any atom is 0.292 e. The number of amides is 1. The first-order valence-corrected chi connectivity index (χ1v) is 11.2. The van der Waals surface area contributed by atoms with Crippen molar-refractivity contribution in [3.8, 4) is 11.5 Å². The van der Waals surface area contributed by atoms with Gasteiger partial charge in [0.15, 0.2) is 11.5 Å². The van der Waals surface area contributed by atoms with Gasteiger partial charge in [-0.05, 0) is 12.5 Å². The zero-order valence-corrected chi connectivity index (χ0v) is 18.0. The Morgan fingerprint density at radius 2 is 2.19 bits per heavy atom. The van der Waals surface area contributed by atoms with Crippen LogP contribution in [0.15, 0.2) is 28.8 Å². The molecule has 4 atom stereocenters. The Labute approximate surface area is 185 Å². The van der Waals surface area contributed by atoms with Crippen molar-refractivity contribution in [1.82, 2.24) is 15.0 Å². The summed E-state index contributed by atoms with van der Waals surface area (Å²) in [7, 11) is 0. The summed E-state index contributed by atoms with van der Waals surface area (Å²) in [4.78, 5) is 17.3. The van der Waals surface area contributed by atoms with E-state index in [4.69, 9.17) is 18.7 Å². The van der Waals surface area contributed by atoms with Gasteiger partial charge in [-0.15, -0.1) is 0 Å². The zero-order valence-electron chi connectivity index (χ0n) is 18.0. The van der Waals surface area contributed by atoms with Gasteiger partial charge >= 0.3 is 0 Å². The van der Waals surface area contributed by atoms with E-state index in [2.05, 4.69) is 16.1 Å². The largest absolute Gasteiger partial charge is 0.454 e. The lowest BCUT2D eigenvalue weighted by Crippen LogP contribution is -2.55. The van der Waals surface area contributed by atoms with Crippen molar-refractivity contribution in [2.75, 3.05) is 39.6 Å². The molecule has 0 radical (unpaired) electrons. The summed E-state index contributed by atoms with van der Waals surface area (Å²) in [5.74, 6) is 1.84. The minimum atomic E-state index is -0.491. The van der Waals surface area contributed by atoms with Crippen LogP contribution in [0.25, 0.3) is 0 Å². The molecule has 0 aliphatic carbocycles. The second-order valence-electron chi connectivity index (χ2n) is 9.22. The van der Waals surface area contributed by atoms with Gasteiger partial charge in [-0.2, -0.15) is 0 Å². The Morgan fingerprint density at radius 3 is 3.00 bits per heavy atom. The van der Waals surface area contributed by atoms with Crippen molar-refractivity contribution in [2.45, 2.75) is 31.6 Å². The molecule has 1 N–H and O–H groups in total. The number of hydrogen-bond donors (Lipinski definition) is 1. The first kappa shape index (κ1) is 20.0. The molecular weight excluding hydrogens is 414 g/mol. The number of likely N-dealkylation sites (tertiary alicyclic amines) is 2. The van der Waals surface area contributed by atoms with Crippen molar-refractivity contribution >= 4 is 5.91 Å². The topological polar surface area (TPSA) is 97.5 Å². The molecule has 1 amide bonds. The first-order chi connectivity index (χ1) is 15.6. The number of aryl methyl sites for hydroxylation is 1. The van der Waals surface area contributed by atoms with Crippen LogP contribution in [-0.2, 0) is 17.7 Å². The molecule has 32 heavy (non-hydrogen) atoms. The summed E-state index contributed by atoms with van der Waals surface area (Å²) in [6.45, 7) is 5.40. The normalized spacial score (nSPS) is 30.7. The average Bonchev–Trinajstić information content (AvgIpc) is 3.55. The van der Waals surface area contributed by atoms with Crippen molar-refractivity contribution in [3.63, 3.8) is 0 Å². The van der Waals surface area contributed by atoms with Gasteiger partial charge in [0.05, 0.1) is 18.3 Å². The highest BCUT2D eigenvalue weighted by molar-refractivity contribution is 5.91. The third-order valence-electron chi connectivity index (χ3n) is 7.36. The number of ether oxygens (including phenoxy) is 3. The number of nitrogens with zero attached hydrogens (tertiary/aromatic N) is 3. The molecule has 5 heterocycles. The molecule has 170 valence electrons. The number of carbonyl (C=O) groups is 1. The summed E-state index contributed by atoms with van der Waals surface area (Å²) < 4.78 is 23.0. The SMILES string of the molecule is CCc1cc(C(=O)N2C[C@H]3O[C@@]4(CN(Cc5cccc6c5OCO6)C[C@@H]4[C@@H]3CO)C2)on1. The lowest BCUT2D eigenvalue weighted by atomic mass is 9.83. The van der Waals surface area contributed by atoms with Gasteiger partial charge in [-0.25, -0.2) is 0 Å². The van der Waals surface area contributed by atoms with E-state index in [0.29, 0.717) is 32.6 Å². The lowest BCUT2D eigenvalue weighted by Gasteiger charge is -2.40. The Morgan fingerprint density at radius 1 is 1.28 bits per heavy atom. The average molecular weight is 441 g/mol. The van der Waals surface area contributed by atoms with Gasteiger partial charge in [-0.1, -0.05) is 24.2 Å². The molecule has 1 aromatic carbocycles. The molecule has 2 bridgehead atoms. The van der Waals surface area contributed by atoms with Crippen LogP contribution >= 0.6 is 0 Å². The van der Waals surface area contributed by atoms with E-state index in [9.17, 15) is 9.90 Å². The smallest absolute Gasteiger partial charge is 0.292 e. The van der Waals surface area contributed by atoms with Gasteiger partial charge in [0.25, 0.3) is 5.91 Å². The van der Waals surface area contributed by atoms with Crippen LogP contribution in [0.3, 0.4) is 0 Å². The van der Waals surface area contributed by atoms with E-state index in [1.807, 2.05) is 24.0 Å². The fraction of sp³-hybridized carbons (Fsp3) is 0.565. The predicted octanol–water partition coefficient (Wildman–Crippen LogP) is 1.30. The minimum Gasteiger partial charge on any atom is -0.454 e. The second-order valence-corrected chi connectivity index (χ2v) is 9.22. The summed E-state index contributed by atoms with van der Waals surface area (Å²) in [5, 5.41) is 14.1. The fourth-order valence-electron chi connectivity index (χ4n) is 5.90. The van der Waals surface area contributed by atoms with E-state index in [1.165, 1.54) is 0 Å². The standard InChI is InChI=1S/C23H27N3O6/c1-2-15-6-19(32-24-15)22(28)26-9-20-16(10-27)17-8-25(11-23(17,12-26)31-20)7-14-4-3-5-18-21(14)30-13-29-18/h3-6,16-17,20,27H,2,7-13H2,1H3/t16-,17+,20+,23-/m0/s1. The molecule has 1 aromatic heterocycles. The van der Waals surface area contributed by atoms with E-state index >= 15 is 0 Å². The number of aliphatic hydroxyl groups excluding tert-OH is 1. The van der Waals surface area contributed by atoms with Crippen LogP contribution in [0.1, 0.15) is 28.7 Å². The van der Waals surface area contributed by atoms with Crippen LogP contribution in [0.5, 0.6) is 11.5 Å². The van der Waals surface area contributed by atoms with E-state index in [0.717, 1.165) is 29.3 Å². The van der Waals surface area contributed by atoms with Crippen LogP contribution in [-0.4, -0.2) is 77.3 Å². The Hall–Kier alpha value is -2.62. The molecule has 0 unspecified atom stereocenters. The quantitative estimate of drug-likeness (QED) is 0.742. The molecule has 2 aromatic rings. The molecule has 4 aliphatic rings. The number of fused-ring (bicyclic) bond motifs is 2. The number of carbonyl (C=O) groups excluding carboxylic acids is 1. The second kappa shape index (κ2) is 7.47. The third-order valence-corrected chi connectivity index (χ3v) is 7.36. The molecule has 0 saturated carbocycles. The van der Waals surface area contributed by atoms with Crippen molar-refractivity contribution in [3.05, 3.63) is 41.3 Å². The van der Waals surface area contributed by atoms with Gasteiger partial charge in [0.1, 0.15) is 5.60 Å². The monoisotopic (exact) mass is 441 g/mol. The van der Waals surface area contributed by atoms with Gasteiger partial charge in [-0.3, -0.25) is 9.69 Å². The van der Waals surface area contributed by atoms with Crippen LogP contribution in [0.4, 0.5) is 0 Å². The summed E-state index contributed by atoms with van der Waals surface area (Å²) in [6, 6.07) is 7.66. The molecule has 9 nitrogen and oxygen atoms in total. The molecule has 4 aliphatic heterocycles. The number of aromatic nitrogens is 1. The van der Waals surface area contributed by atoms with Crippen LogP contribution < -0.4 is 9.47 Å². The predicted molar refractivity (Wildman–Crippen MR) is 111 cm³/mol. The van der Waals surface area contributed by atoms with Crippen LogP contribution in [0.2, 0.25) is 0 Å². The number of morpholine rings is 1. The van der Waals surface area contributed by atoms with Crippen molar-refractivity contribution in [2.24, 2.45) is 11.8 Å². The molecule has 3 saturated heterocycles. The van der Waals surface area contributed by atoms with Crippen LogP contribution in [0, 0.1) is 11.8 Å². The fourth-order valence-corrected chi connectivity index (χ4v) is 5.90. The Balaban J connectivity index is 1.23. The number of aliphatic hydroxyl groups is 1. The number of benzene rings is 1. The highest BCUT2D eigenvalue weighted by atomic mass is 16.7. The van der Waals surface area contributed by atoms with E-state index in [-0.39, 0.29) is 43.0 Å². The van der Waals surface area contributed by atoms with Gasteiger partial charge in [0, 0.05) is 56.3 Å². The Bertz CT molecular complexity index is 1040. The van der Waals surface area contributed by atoms with Gasteiger partial charge < -0.3 is 28.7 Å².